The highest BCUT2D eigenvalue weighted by Crippen LogP contribution is 2.30. The van der Waals surface area contributed by atoms with Crippen molar-refractivity contribution in [2.45, 2.75) is 12.3 Å². The summed E-state index contributed by atoms with van der Waals surface area (Å²) in [7, 11) is 0. The minimum absolute atomic E-state index is 0.0153. The first-order valence-electron chi connectivity index (χ1n) is 7.34. The van der Waals surface area contributed by atoms with Crippen LogP contribution in [-0.2, 0) is 6.18 Å². The second-order valence-corrected chi connectivity index (χ2v) is 5.23. The number of hydrogen-bond acceptors (Lipinski definition) is 5. The van der Waals surface area contributed by atoms with Gasteiger partial charge in [-0.3, -0.25) is 4.98 Å². The predicted molar refractivity (Wildman–Crippen MR) is 84.0 cm³/mol. The number of aliphatic hydroxyl groups excluding tert-OH is 1. The van der Waals surface area contributed by atoms with Crippen LogP contribution in [0.25, 0.3) is 5.82 Å². The SMILES string of the molecule is O[C@@H](CNc1cncc(-n2cccn2)n1)c1cccc(C(F)(F)F)c1. The molecule has 0 saturated heterocycles. The first-order chi connectivity index (χ1) is 11.9. The van der Waals surface area contributed by atoms with Gasteiger partial charge in [-0.1, -0.05) is 12.1 Å². The topological polar surface area (TPSA) is 75.9 Å². The molecule has 0 saturated carbocycles. The number of hydrogen-bond donors (Lipinski definition) is 2. The summed E-state index contributed by atoms with van der Waals surface area (Å²) < 4.78 is 39.7. The molecule has 6 nitrogen and oxygen atoms in total. The van der Waals surface area contributed by atoms with Crippen LogP contribution in [-0.4, -0.2) is 31.4 Å². The minimum Gasteiger partial charge on any atom is -0.387 e. The zero-order valence-electron chi connectivity index (χ0n) is 12.9. The van der Waals surface area contributed by atoms with E-state index in [-0.39, 0.29) is 12.1 Å². The molecule has 25 heavy (non-hydrogen) atoms. The number of aliphatic hydroxyl groups is 1. The van der Waals surface area contributed by atoms with Gasteiger partial charge in [-0.25, -0.2) is 9.67 Å². The number of nitrogens with one attached hydrogen (secondary N) is 1. The second kappa shape index (κ2) is 6.89. The molecule has 0 amide bonds. The van der Waals surface area contributed by atoms with Gasteiger partial charge in [0.2, 0.25) is 0 Å². The maximum absolute atomic E-state index is 12.7. The average molecular weight is 349 g/mol. The average Bonchev–Trinajstić information content (AvgIpc) is 3.14. The van der Waals surface area contributed by atoms with Gasteiger partial charge in [0.25, 0.3) is 0 Å². The van der Waals surface area contributed by atoms with Gasteiger partial charge in [0, 0.05) is 18.9 Å². The van der Waals surface area contributed by atoms with Crippen molar-refractivity contribution in [2.24, 2.45) is 0 Å². The molecule has 0 fully saturated rings. The summed E-state index contributed by atoms with van der Waals surface area (Å²) in [5, 5.41) is 17.0. The van der Waals surface area contributed by atoms with Crippen LogP contribution in [0.5, 0.6) is 0 Å². The highest BCUT2D eigenvalue weighted by atomic mass is 19.4. The Kier molecular flexibility index (Phi) is 4.66. The molecule has 9 heteroatoms. The highest BCUT2D eigenvalue weighted by Gasteiger charge is 2.30. The molecule has 0 unspecified atom stereocenters. The molecule has 0 spiro atoms. The summed E-state index contributed by atoms with van der Waals surface area (Å²) >= 11 is 0. The van der Waals surface area contributed by atoms with Crippen LogP contribution in [0.3, 0.4) is 0 Å². The molecule has 130 valence electrons. The Hall–Kier alpha value is -2.94. The van der Waals surface area contributed by atoms with Crippen LogP contribution < -0.4 is 5.32 Å². The standard InChI is InChI=1S/C16H14F3N5O/c17-16(18,19)12-4-1-3-11(7-12)13(25)8-21-14-9-20-10-15(23-14)24-6-2-5-22-24/h1-7,9-10,13,25H,8H2,(H,21,23)/t13-/m0/s1. The van der Waals surface area contributed by atoms with E-state index >= 15 is 0 Å². The summed E-state index contributed by atoms with van der Waals surface area (Å²) in [5.74, 6) is 0.850. The van der Waals surface area contributed by atoms with E-state index in [0.29, 0.717) is 11.6 Å². The summed E-state index contributed by atoms with van der Waals surface area (Å²) in [4.78, 5) is 8.29. The van der Waals surface area contributed by atoms with E-state index in [2.05, 4.69) is 20.4 Å². The Morgan fingerprint density at radius 1 is 1.20 bits per heavy atom. The summed E-state index contributed by atoms with van der Waals surface area (Å²) in [5.41, 5.74) is -0.636. The number of alkyl halides is 3. The Morgan fingerprint density at radius 3 is 2.76 bits per heavy atom. The maximum Gasteiger partial charge on any atom is 0.416 e. The second-order valence-electron chi connectivity index (χ2n) is 5.23. The quantitative estimate of drug-likeness (QED) is 0.741. The zero-order chi connectivity index (χ0) is 17.9. The van der Waals surface area contributed by atoms with Crippen LogP contribution in [0.1, 0.15) is 17.2 Å². The Balaban J connectivity index is 1.69. The number of aromatic nitrogens is 4. The number of rotatable bonds is 5. The van der Waals surface area contributed by atoms with Gasteiger partial charge in [-0.2, -0.15) is 18.3 Å². The van der Waals surface area contributed by atoms with E-state index < -0.39 is 17.8 Å². The first kappa shape index (κ1) is 16.9. The molecule has 2 N–H and O–H groups in total. The Morgan fingerprint density at radius 2 is 2.04 bits per heavy atom. The van der Waals surface area contributed by atoms with Gasteiger partial charge >= 0.3 is 6.18 Å². The molecule has 3 rings (SSSR count). The molecule has 1 atom stereocenters. The van der Waals surface area contributed by atoms with Crippen LogP contribution >= 0.6 is 0 Å². The molecular formula is C16H14F3N5O. The maximum atomic E-state index is 12.7. The normalized spacial score (nSPS) is 12.8. The molecule has 0 aliphatic rings. The van der Waals surface area contributed by atoms with E-state index in [0.717, 1.165) is 12.1 Å². The molecule has 2 heterocycles. The van der Waals surface area contributed by atoms with Crippen molar-refractivity contribution in [1.82, 2.24) is 19.7 Å². The fourth-order valence-electron chi connectivity index (χ4n) is 2.20. The third-order valence-corrected chi connectivity index (χ3v) is 3.44. The third-order valence-electron chi connectivity index (χ3n) is 3.44. The third kappa shape index (κ3) is 4.13. The molecule has 0 aliphatic heterocycles. The molecule has 0 aliphatic carbocycles. The van der Waals surface area contributed by atoms with E-state index in [1.165, 1.54) is 29.2 Å². The van der Waals surface area contributed by atoms with Crippen LogP contribution in [0.15, 0.2) is 55.1 Å². The van der Waals surface area contributed by atoms with Gasteiger partial charge in [-0.15, -0.1) is 0 Å². The fourth-order valence-corrected chi connectivity index (χ4v) is 2.20. The minimum atomic E-state index is -4.45. The number of benzene rings is 1. The number of anilines is 1. The van der Waals surface area contributed by atoms with E-state index in [1.807, 2.05) is 0 Å². The largest absolute Gasteiger partial charge is 0.416 e. The lowest BCUT2D eigenvalue weighted by molar-refractivity contribution is -0.137. The van der Waals surface area contributed by atoms with Crippen LogP contribution in [0.4, 0.5) is 19.0 Å². The molecule has 3 aromatic rings. The van der Waals surface area contributed by atoms with E-state index in [4.69, 9.17) is 0 Å². The van der Waals surface area contributed by atoms with E-state index in [9.17, 15) is 18.3 Å². The highest BCUT2D eigenvalue weighted by molar-refractivity contribution is 5.36. The first-order valence-corrected chi connectivity index (χ1v) is 7.34. The lowest BCUT2D eigenvalue weighted by Crippen LogP contribution is -2.15. The number of nitrogens with zero attached hydrogens (tertiary/aromatic N) is 4. The molecule has 0 bridgehead atoms. The van der Waals surface area contributed by atoms with Crippen molar-refractivity contribution in [1.29, 1.82) is 0 Å². The van der Waals surface area contributed by atoms with Crippen molar-refractivity contribution >= 4 is 5.82 Å². The van der Waals surface area contributed by atoms with Crippen molar-refractivity contribution in [3.8, 4) is 5.82 Å². The Bertz CT molecular complexity index is 836. The van der Waals surface area contributed by atoms with Crippen molar-refractivity contribution in [3.05, 3.63) is 66.2 Å². The lowest BCUT2D eigenvalue weighted by Gasteiger charge is -2.15. The van der Waals surface area contributed by atoms with Crippen molar-refractivity contribution in [2.75, 3.05) is 11.9 Å². The summed E-state index contributed by atoms with van der Waals surface area (Å²) in [6.07, 6.45) is 0.683. The number of halogens is 3. The van der Waals surface area contributed by atoms with Gasteiger partial charge < -0.3 is 10.4 Å². The van der Waals surface area contributed by atoms with Crippen LogP contribution in [0, 0.1) is 0 Å². The monoisotopic (exact) mass is 349 g/mol. The zero-order valence-corrected chi connectivity index (χ0v) is 12.9. The fraction of sp³-hybridized carbons (Fsp3) is 0.188. The smallest absolute Gasteiger partial charge is 0.387 e. The van der Waals surface area contributed by atoms with E-state index in [1.54, 1.807) is 18.5 Å². The predicted octanol–water partition coefficient (Wildman–Crippen LogP) is 2.83. The van der Waals surface area contributed by atoms with Crippen molar-refractivity contribution in [3.63, 3.8) is 0 Å². The van der Waals surface area contributed by atoms with Crippen LogP contribution in [0.2, 0.25) is 0 Å². The van der Waals surface area contributed by atoms with Gasteiger partial charge in [0.1, 0.15) is 5.82 Å². The molecule has 0 radical (unpaired) electrons. The van der Waals surface area contributed by atoms with Crippen molar-refractivity contribution < 1.29 is 18.3 Å². The molecule has 2 aromatic heterocycles. The summed E-state index contributed by atoms with van der Waals surface area (Å²) in [6.45, 7) is -0.0153. The molecular weight excluding hydrogens is 335 g/mol. The van der Waals surface area contributed by atoms with Gasteiger partial charge in [0.15, 0.2) is 5.82 Å². The molecule has 1 aromatic carbocycles. The Labute approximate surface area is 141 Å². The van der Waals surface area contributed by atoms with Gasteiger partial charge in [-0.05, 0) is 23.8 Å². The summed E-state index contributed by atoms with van der Waals surface area (Å²) in [6, 6.07) is 6.33. The van der Waals surface area contributed by atoms with Gasteiger partial charge in [0.05, 0.1) is 24.1 Å². The lowest BCUT2D eigenvalue weighted by atomic mass is 10.1.